The third-order valence-corrected chi connectivity index (χ3v) is 3.61. The highest BCUT2D eigenvalue weighted by Gasteiger charge is 2.09. The van der Waals surface area contributed by atoms with Gasteiger partial charge in [-0.1, -0.05) is 34.1 Å². The fourth-order valence-electron chi connectivity index (χ4n) is 1.77. The van der Waals surface area contributed by atoms with Gasteiger partial charge in [-0.3, -0.25) is 0 Å². The molecule has 0 spiro atoms. The van der Waals surface area contributed by atoms with Crippen molar-refractivity contribution in [2.45, 2.75) is 13.2 Å². The Kier molecular flexibility index (Phi) is 5.47. The molecular formula is C16H14BrFO3. The summed E-state index contributed by atoms with van der Waals surface area (Å²) in [5.74, 6) is -0.763. The molecule has 0 N–H and O–H groups in total. The molecule has 3 nitrogen and oxygen atoms in total. The zero-order valence-electron chi connectivity index (χ0n) is 11.4. The van der Waals surface area contributed by atoms with Gasteiger partial charge < -0.3 is 9.47 Å². The molecular weight excluding hydrogens is 339 g/mol. The van der Waals surface area contributed by atoms with Crippen LogP contribution in [0.15, 0.2) is 46.9 Å². The Hall–Kier alpha value is -1.72. The maximum atomic E-state index is 13.0. The molecule has 0 aromatic heterocycles. The molecule has 2 aromatic carbocycles. The van der Waals surface area contributed by atoms with E-state index < -0.39 is 5.97 Å². The molecule has 0 heterocycles. The molecule has 0 amide bonds. The average molecular weight is 353 g/mol. The Morgan fingerprint density at radius 1 is 1.14 bits per heavy atom. The van der Waals surface area contributed by atoms with Gasteiger partial charge in [0.1, 0.15) is 12.4 Å². The van der Waals surface area contributed by atoms with Crippen molar-refractivity contribution in [3.8, 4) is 0 Å². The van der Waals surface area contributed by atoms with E-state index in [2.05, 4.69) is 15.9 Å². The first-order valence-corrected chi connectivity index (χ1v) is 7.08. The molecule has 0 radical (unpaired) electrons. The summed E-state index contributed by atoms with van der Waals surface area (Å²) in [4.78, 5) is 11.9. The van der Waals surface area contributed by atoms with Crippen LogP contribution in [-0.4, -0.2) is 13.1 Å². The van der Waals surface area contributed by atoms with Crippen LogP contribution in [0.5, 0.6) is 0 Å². The first-order chi connectivity index (χ1) is 10.1. The van der Waals surface area contributed by atoms with E-state index >= 15 is 0 Å². The summed E-state index contributed by atoms with van der Waals surface area (Å²) in [6.07, 6.45) is 0. The van der Waals surface area contributed by atoms with E-state index in [9.17, 15) is 9.18 Å². The summed E-state index contributed by atoms with van der Waals surface area (Å²) in [6, 6.07) is 11.2. The number of ether oxygens (including phenoxy) is 2. The number of benzene rings is 2. The summed E-state index contributed by atoms with van der Waals surface area (Å²) >= 11 is 3.24. The zero-order valence-corrected chi connectivity index (χ0v) is 13.0. The Labute approximate surface area is 130 Å². The molecule has 2 rings (SSSR count). The van der Waals surface area contributed by atoms with Crippen molar-refractivity contribution in [1.29, 1.82) is 0 Å². The highest BCUT2D eigenvalue weighted by atomic mass is 79.9. The number of carbonyl (C=O) groups is 1. The van der Waals surface area contributed by atoms with Crippen LogP contribution >= 0.6 is 15.9 Å². The van der Waals surface area contributed by atoms with Gasteiger partial charge in [-0.15, -0.1) is 0 Å². The molecule has 2 aromatic rings. The molecule has 0 atom stereocenters. The number of hydrogen-bond acceptors (Lipinski definition) is 3. The van der Waals surface area contributed by atoms with Crippen molar-refractivity contribution in [3.63, 3.8) is 0 Å². The van der Waals surface area contributed by atoms with Crippen molar-refractivity contribution < 1.29 is 18.7 Å². The first-order valence-electron chi connectivity index (χ1n) is 6.29. The highest BCUT2D eigenvalue weighted by Crippen LogP contribution is 2.19. The number of halogens is 2. The maximum Gasteiger partial charge on any atom is 0.338 e. The third-order valence-electron chi connectivity index (χ3n) is 2.87. The van der Waals surface area contributed by atoms with Crippen molar-refractivity contribution in [3.05, 3.63) is 69.4 Å². The molecule has 0 unspecified atom stereocenters. The van der Waals surface area contributed by atoms with Gasteiger partial charge in [0, 0.05) is 17.1 Å². The molecule has 0 bridgehead atoms. The number of esters is 1. The monoisotopic (exact) mass is 352 g/mol. The molecule has 0 aliphatic heterocycles. The molecule has 21 heavy (non-hydrogen) atoms. The van der Waals surface area contributed by atoms with Gasteiger partial charge in [-0.25, -0.2) is 9.18 Å². The van der Waals surface area contributed by atoms with Gasteiger partial charge in [0.05, 0.1) is 12.2 Å². The summed E-state index contributed by atoms with van der Waals surface area (Å²) in [7, 11) is 1.61. The molecule has 0 saturated carbocycles. The summed E-state index contributed by atoms with van der Waals surface area (Å²) < 4.78 is 23.8. The smallest absolute Gasteiger partial charge is 0.338 e. The Bertz CT molecular complexity index is 626. The second-order valence-electron chi connectivity index (χ2n) is 4.44. The lowest BCUT2D eigenvalue weighted by Crippen LogP contribution is -2.06. The van der Waals surface area contributed by atoms with Crippen LogP contribution in [0.1, 0.15) is 21.5 Å². The van der Waals surface area contributed by atoms with E-state index in [1.54, 1.807) is 25.3 Å². The first kappa shape index (κ1) is 15.7. The predicted octanol–water partition coefficient (Wildman–Crippen LogP) is 4.09. The van der Waals surface area contributed by atoms with Crippen molar-refractivity contribution >= 4 is 21.9 Å². The van der Waals surface area contributed by atoms with Gasteiger partial charge in [0.15, 0.2) is 0 Å². The Morgan fingerprint density at radius 3 is 2.48 bits per heavy atom. The minimum atomic E-state index is -0.421. The Balaban J connectivity index is 1.98. The highest BCUT2D eigenvalue weighted by molar-refractivity contribution is 9.10. The van der Waals surface area contributed by atoms with Crippen LogP contribution in [0.3, 0.4) is 0 Å². The fourth-order valence-corrected chi connectivity index (χ4v) is 2.23. The van der Waals surface area contributed by atoms with Crippen molar-refractivity contribution in [2.75, 3.05) is 7.11 Å². The summed E-state index contributed by atoms with van der Waals surface area (Å²) in [5, 5.41) is 0. The maximum absolute atomic E-state index is 13.0. The van der Waals surface area contributed by atoms with Gasteiger partial charge >= 0.3 is 5.97 Å². The largest absolute Gasteiger partial charge is 0.457 e. The predicted molar refractivity (Wildman–Crippen MR) is 80.4 cm³/mol. The van der Waals surface area contributed by atoms with Crippen LogP contribution in [0.4, 0.5) is 4.39 Å². The number of rotatable bonds is 5. The zero-order chi connectivity index (χ0) is 15.2. The molecule has 0 aliphatic carbocycles. The van der Waals surface area contributed by atoms with Crippen LogP contribution in [0.2, 0.25) is 0 Å². The molecule has 110 valence electrons. The number of carbonyl (C=O) groups excluding carboxylic acids is 1. The quantitative estimate of drug-likeness (QED) is 0.760. The van der Waals surface area contributed by atoms with Crippen LogP contribution in [0.25, 0.3) is 0 Å². The van der Waals surface area contributed by atoms with E-state index in [4.69, 9.17) is 9.47 Å². The van der Waals surface area contributed by atoms with Crippen molar-refractivity contribution in [1.82, 2.24) is 0 Å². The van der Waals surface area contributed by atoms with Crippen molar-refractivity contribution in [2.24, 2.45) is 0 Å². The average Bonchev–Trinajstić information content (AvgIpc) is 2.47. The lowest BCUT2D eigenvalue weighted by Gasteiger charge is -2.07. The molecule has 0 fully saturated rings. The van der Waals surface area contributed by atoms with E-state index in [0.717, 1.165) is 5.56 Å². The summed E-state index contributed by atoms with van der Waals surface area (Å²) in [6.45, 7) is 0.581. The second-order valence-corrected chi connectivity index (χ2v) is 5.30. The SMILES string of the molecule is COCc1ccc(C(=O)OCc2ccc(F)cc2Br)cc1. The normalized spacial score (nSPS) is 10.4. The van der Waals surface area contributed by atoms with Gasteiger partial charge in [-0.05, 0) is 29.8 Å². The van der Waals surface area contributed by atoms with Crippen LogP contribution < -0.4 is 0 Å². The number of hydrogen-bond donors (Lipinski definition) is 0. The molecule has 0 aliphatic rings. The minimum absolute atomic E-state index is 0.0829. The lowest BCUT2D eigenvalue weighted by atomic mass is 10.1. The standard InChI is InChI=1S/C16H14BrFO3/c1-20-9-11-2-4-12(5-3-11)16(19)21-10-13-6-7-14(18)8-15(13)17/h2-8H,9-10H2,1H3. The fraction of sp³-hybridized carbons (Fsp3) is 0.188. The topological polar surface area (TPSA) is 35.5 Å². The third kappa shape index (κ3) is 4.37. The van der Waals surface area contributed by atoms with Gasteiger partial charge in [0.2, 0.25) is 0 Å². The van der Waals surface area contributed by atoms with Crippen LogP contribution in [0, 0.1) is 5.82 Å². The second kappa shape index (κ2) is 7.33. The number of methoxy groups -OCH3 is 1. The molecule has 0 saturated heterocycles. The summed E-state index contributed by atoms with van der Waals surface area (Å²) in [5.41, 5.74) is 2.16. The lowest BCUT2D eigenvalue weighted by molar-refractivity contribution is 0.0472. The van der Waals surface area contributed by atoms with E-state index in [-0.39, 0.29) is 12.4 Å². The minimum Gasteiger partial charge on any atom is -0.457 e. The van der Waals surface area contributed by atoms with E-state index in [0.29, 0.717) is 22.2 Å². The Morgan fingerprint density at radius 2 is 1.86 bits per heavy atom. The van der Waals surface area contributed by atoms with E-state index in [1.165, 1.54) is 12.1 Å². The van der Waals surface area contributed by atoms with Gasteiger partial charge in [0.25, 0.3) is 0 Å². The van der Waals surface area contributed by atoms with Crippen LogP contribution in [-0.2, 0) is 22.7 Å². The molecule has 5 heteroatoms. The van der Waals surface area contributed by atoms with E-state index in [1.807, 2.05) is 12.1 Å². The van der Waals surface area contributed by atoms with Gasteiger partial charge in [-0.2, -0.15) is 0 Å².